The molecule has 4 heterocycles. The fourth-order valence-corrected chi connectivity index (χ4v) is 3.69. The fourth-order valence-electron chi connectivity index (χ4n) is 3.69. The monoisotopic (exact) mass is 436 g/mol. The molecule has 0 radical (unpaired) electrons. The number of amides is 1. The molecule has 0 bridgehead atoms. The van der Waals surface area contributed by atoms with Crippen molar-refractivity contribution in [1.29, 1.82) is 5.41 Å². The molecular weight excluding hydrogens is 412 g/mol. The Bertz CT molecular complexity index is 1120. The van der Waals surface area contributed by atoms with Crippen molar-refractivity contribution in [3.05, 3.63) is 30.0 Å². The van der Waals surface area contributed by atoms with Gasteiger partial charge in [0.15, 0.2) is 0 Å². The molecule has 1 atom stereocenters. The summed E-state index contributed by atoms with van der Waals surface area (Å²) in [6, 6.07) is 5.49. The van der Waals surface area contributed by atoms with Gasteiger partial charge in [-0.2, -0.15) is 5.10 Å². The van der Waals surface area contributed by atoms with Crippen molar-refractivity contribution in [2.75, 3.05) is 35.3 Å². The van der Waals surface area contributed by atoms with Gasteiger partial charge in [-0.15, -0.1) is 0 Å². The largest absolute Gasteiger partial charge is 0.377 e. The van der Waals surface area contributed by atoms with Gasteiger partial charge in [-0.05, 0) is 25.8 Å². The molecule has 1 aliphatic carbocycles. The predicted octanol–water partition coefficient (Wildman–Crippen LogP) is 2.77. The Kier molecular flexibility index (Phi) is 5.31. The predicted molar refractivity (Wildman–Crippen MR) is 118 cm³/mol. The van der Waals surface area contributed by atoms with Crippen molar-refractivity contribution in [2.24, 2.45) is 5.92 Å². The van der Waals surface area contributed by atoms with Crippen LogP contribution >= 0.6 is 0 Å². The third-order valence-corrected chi connectivity index (χ3v) is 5.59. The van der Waals surface area contributed by atoms with Crippen LogP contribution in [0.25, 0.3) is 11.3 Å². The molecule has 166 valence electrons. The number of anilines is 4. The van der Waals surface area contributed by atoms with Crippen LogP contribution in [-0.2, 0) is 9.53 Å². The highest BCUT2D eigenvalue weighted by Crippen LogP contribution is 2.35. The van der Waals surface area contributed by atoms with Gasteiger partial charge in [0.2, 0.25) is 11.8 Å². The van der Waals surface area contributed by atoms with Gasteiger partial charge in [-0.3, -0.25) is 15.2 Å². The van der Waals surface area contributed by atoms with E-state index in [0.717, 1.165) is 18.7 Å². The highest BCUT2D eigenvalue weighted by Gasteiger charge is 2.30. The van der Waals surface area contributed by atoms with Crippen molar-refractivity contribution in [1.82, 2.24) is 20.3 Å². The quantitative estimate of drug-likeness (QED) is 0.414. The molecule has 4 N–H and O–H groups in total. The van der Waals surface area contributed by atoms with E-state index >= 15 is 0 Å². The number of ether oxygens (including phenoxy) is 1. The maximum absolute atomic E-state index is 12.1. The number of morpholine rings is 1. The number of hydrogen-bond donors (Lipinski definition) is 4. The molecule has 1 amide bonds. The molecule has 11 nitrogen and oxygen atoms in total. The molecule has 1 saturated carbocycles. The second-order valence-electron chi connectivity index (χ2n) is 7.99. The van der Waals surface area contributed by atoms with E-state index in [4.69, 9.17) is 19.7 Å². The van der Waals surface area contributed by atoms with Crippen LogP contribution in [0.3, 0.4) is 0 Å². The first-order chi connectivity index (χ1) is 15.6. The molecule has 0 spiro atoms. The second kappa shape index (κ2) is 8.42. The molecule has 2 fully saturated rings. The third kappa shape index (κ3) is 4.06. The average Bonchev–Trinajstić information content (AvgIpc) is 3.34. The summed E-state index contributed by atoms with van der Waals surface area (Å²) in [6.07, 6.45) is 4.66. The average molecular weight is 436 g/mol. The first-order valence-corrected chi connectivity index (χ1v) is 10.6. The number of hydrogen-bond acceptors (Lipinski definition) is 9. The van der Waals surface area contributed by atoms with Crippen molar-refractivity contribution < 1.29 is 14.1 Å². The summed E-state index contributed by atoms with van der Waals surface area (Å²) in [5, 5.41) is 25.0. The summed E-state index contributed by atoms with van der Waals surface area (Å²) in [7, 11) is 0. The summed E-state index contributed by atoms with van der Waals surface area (Å²) in [5.74, 6) is 2.16. The first-order valence-electron chi connectivity index (χ1n) is 10.6. The van der Waals surface area contributed by atoms with Crippen molar-refractivity contribution in [3.8, 4) is 11.3 Å². The number of H-pyrrole nitrogens is 1. The van der Waals surface area contributed by atoms with E-state index in [2.05, 4.69) is 37.8 Å². The topological polar surface area (TPSA) is 145 Å². The SMILES string of the molecule is C[C@@H]1COCCN1c1cc(-c2cc(NC(=O)C3CC3)on2)c(C=N)c(Nc2ccn[nH]2)n1. The van der Waals surface area contributed by atoms with Crippen molar-refractivity contribution >= 4 is 35.5 Å². The Hall–Kier alpha value is -3.73. The Morgan fingerprint density at radius 2 is 2.25 bits per heavy atom. The molecular formula is C21H24N8O3. The third-order valence-electron chi connectivity index (χ3n) is 5.59. The van der Waals surface area contributed by atoms with Crippen molar-refractivity contribution in [3.63, 3.8) is 0 Å². The van der Waals surface area contributed by atoms with E-state index in [1.165, 1.54) is 6.21 Å². The Morgan fingerprint density at radius 1 is 1.38 bits per heavy atom. The first kappa shape index (κ1) is 20.2. The number of carbonyl (C=O) groups excluding carboxylic acids is 1. The van der Waals surface area contributed by atoms with Gasteiger partial charge in [-0.1, -0.05) is 5.16 Å². The molecule has 11 heteroatoms. The number of rotatable bonds is 7. The summed E-state index contributed by atoms with van der Waals surface area (Å²) < 4.78 is 10.9. The number of carbonyl (C=O) groups is 1. The normalized spacial score (nSPS) is 18.4. The van der Waals surface area contributed by atoms with Gasteiger partial charge < -0.3 is 24.9 Å². The van der Waals surface area contributed by atoms with Crippen LogP contribution in [0, 0.1) is 11.3 Å². The molecule has 1 saturated heterocycles. The summed E-state index contributed by atoms with van der Waals surface area (Å²) in [4.78, 5) is 19.0. The Balaban J connectivity index is 1.55. The zero-order valence-electron chi connectivity index (χ0n) is 17.6. The standard InChI is InChI=1S/C21H24N8O3/c1-12-11-31-7-6-29(12)18-8-14(15(10-22)20(25-18)24-17-4-5-23-27-17)16-9-19(32-28-16)26-21(30)13-2-3-13/h4-5,8-10,12-13,22H,2-3,6-7,11H2,1H3,(H,26,30)(H2,23,24,25,27)/t12-/m1/s1. The molecule has 3 aromatic heterocycles. The molecule has 3 aromatic rings. The van der Waals surface area contributed by atoms with E-state index < -0.39 is 0 Å². The fraction of sp³-hybridized carbons (Fsp3) is 0.381. The molecule has 0 aromatic carbocycles. The van der Waals surface area contributed by atoms with Gasteiger partial charge in [0.05, 0.1) is 25.5 Å². The van der Waals surface area contributed by atoms with E-state index in [1.54, 1.807) is 18.3 Å². The lowest BCUT2D eigenvalue weighted by atomic mass is 10.1. The number of pyridine rings is 1. The molecule has 2 aliphatic rings. The van der Waals surface area contributed by atoms with E-state index in [0.29, 0.717) is 48.2 Å². The minimum atomic E-state index is -0.0564. The Labute approximate surface area is 184 Å². The van der Waals surface area contributed by atoms with Gasteiger partial charge in [0.25, 0.3) is 0 Å². The lowest BCUT2D eigenvalue weighted by Gasteiger charge is -2.34. The summed E-state index contributed by atoms with van der Waals surface area (Å²) in [5.41, 5.74) is 1.71. The van der Waals surface area contributed by atoms with Crippen LogP contribution in [0.1, 0.15) is 25.3 Å². The zero-order chi connectivity index (χ0) is 22.1. The van der Waals surface area contributed by atoms with Crippen LogP contribution in [0.4, 0.5) is 23.3 Å². The lowest BCUT2D eigenvalue weighted by Crippen LogP contribution is -2.44. The van der Waals surface area contributed by atoms with Gasteiger partial charge in [-0.25, -0.2) is 4.98 Å². The molecule has 32 heavy (non-hydrogen) atoms. The van der Waals surface area contributed by atoms with Crippen molar-refractivity contribution in [2.45, 2.75) is 25.8 Å². The van der Waals surface area contributed by atoms with Gasteiger partial charge >= 0.3 is 0 Å². The molecule has 1 aliphatic heterocycles. The maximum Gasteiger partial charge on any atom is 0.231 e. The van der Waals surface area contributed by atoms with E-state index in [-0.39, 0.29) is 23.8 Å². The number of aromatic nitrogens is 4. The minimum Gasteiger partial charge on any atom is -0.377 e. The highest BCUT2D eigenvalue weighted by atomic mass is 16.5. The number of aromatic amines is 1. The lowest BCUT2D eigenvalue weighted by molar-refractivity contribution is -0.117. The zero-order valence-corrected chi connectivity index (χ0v) is 17.6. The van der Waals surface area contributed by atoms with Gasteiger partial charge in [0.1, 0.15) is 23.1 Å². The number of nitrogens with zero attached hydrogens (tertiary/aromatic N) is 4. The smallest absolute Gasteiger partial charge is 0.231 e. The molecule has 5 rings (SSSR count). The number of nitrogens with one attached hydrogen (secondary N) is 4. The van der Waals surface area contributed by atoms with Crippen LogP contribution in [0.5, 0.6) is 0 Å². The van der Waals surface area contributed by atoms with Crippen LogP contribution in [0.2, 0.25) is 0 Å². The Morgan fingerprint density at radius 3 is 2.97 bits per heavy atom. The summed E-state index contributed by atoms with van der Waals surface area (Å²) >= 11 is 0. The van der Waals surface area contributed by atoms with E-state index in [9.17, 15) is 4.79 Å². The summed E-state index contributed by atoms with van der Waals surface area (Å²) in [6.45, 7) is 3.99. The van der Waals surface area contributed by atoms with Crippen LogP contribution in [-0.4, -0.2) is 58.3 Å². The minimum absolute atomic E-state index is 0.0564. The maximum atomic E-state index is 12.1. The molecule has 0 unspecified atom stereocenters. The van der Waals surface area contributed by atoms with Gasteiger partial charge in [0, 0.05) is 41.9 Å². The second-order valence-corrected chi connectivity index (χ2v) is 7.99. The van der Waals surface area contributed by atoms with Crippen LogP contribution in [0.15, 0.2) is 28.9 Å². The van der Waals surface area contributed by atoms with Crippen LogP contribution < -0.4 is 15.5 Å². The highest BCUT2D eigenvalue weighted by molar-refractivity contribution is 5.97. The van der Waals surface area contributed by atoms with E-state index in [1.807, 2.05) is 6.07 Å².